The van der Waals surface area contributed by atoms with Crippen molar-refractivity contribution in [1.82, 2.24) is 5.32 Å². The first-order valence-electron chi connectivity index (χ1n) is 4.80. The summed E-state index contributed by atoms with van der Waals surface area (Å²) in [6, 6.07) is 5.07. The van der Waals surface area contributed by atoms with Crippen molar-refractivity contribution in [2.24, 2.45) is 0 Å². The maximum atomic E-state index is 11.8. The largest absolute Gasteiger partial charge is 0.401 e. The molecule has 0 saturated carbocycles. The number of carbonyl (C=O) groups is 1. The van der Waals surface area contributed by atoms with Crippen molar-refractivity contribution in [3.8, 4) is 0 Å². The zero-order chi connectivity index (χ0) is 13.8. The Morgan fingerprint density at radius 3 is 2.50 bits per heavy atom. The zero-order valence-electron chi connectivity index (χ0n) is 8.94. The van der Waals surface area contributed by atoms with Crippen molar-refractivity contribution in [3.63, 3.8) is 0 Å². The summed E-state index contributed by atoms with van der Waals surface area (Å²) in [5.74, 6) is -0.540. The van der Waals surface area contributed by atoms with Crippen molar-refractivity contribution in [1.29, 1.82) is 0 Å². The minimum Gasteiger partial charge on any atom is -0.324 e. The number of hydrogen-bond acceptors (Lipinski definition) is 2. The number of carbonyl (C=O) groups excluding carboxylic acids is 1. The van der Waals surface area contributed by atoms with Crippen LogP contribution in [0, 0.1) is 0 Å². The highest BCUT2D eigenvalue weighted by Gasteiger charge is 2.26. The standard InChI is InChI=1S/C10H9Br2F3N2O/c11-6-1-2-8(7(12)3-6)17-9(18)4-16-5-10(13,14)15/h1-3,16H,4-5H2,(H,17,18). The summed E-state index contributed by atoms with van der Waals surface area (Å²) in [7, 11) is 0. The molecule has 0 spiro atoms. The van der Waals surface area contributed by atoms with E-state index in [-0.39, 0.29) is 0 Å². The predicted molar refractivity (Wildman–Crippen MR) is 69.4 cm³/mol. The van der Waals surface area contributed by atoms with E-state index in [4.69, 9.17) is 0 Å². The van der Waals surface area contributed by atoms with Gasteiger partial charge in [0.1, 0.15) is 0 Å². The third-order valence-corrected chi connectivity index (χ3v) is 2.97. The number of alkyl halides is 3. The highest BCUT2D eigenvalue weighted by molar-refractivity contribution is 9.11. The lowest BCUT2D eigenvalue weighted by atomic mass is 10.3. The Bertz CT molecular complexity index is 438. The Kier molecular flexibility index (Phi) is 5.61. The van der Waals surface area contributed by atoms with E-state index in [9.17, 15) is 18.0 Å². The van der Waals surface area contributed by atoms with Crippen LogP contribution in [0.3, 0.4) is 0 Å². The topological polar surface area (TPSA) is 41.1 Å². The molecule has 1 amide bonds. The smallest absolute Gasteiger partial charge is 0.324 e. The zero-order valence-corrected chi connectivity index (χ0v) is 12.1. The third kappa shape index (κ3) is 5.83. The maximum Gasteiger partial charge on any atom is 0.401 e. The number of amides is 1. The first-order valence-corrected chi connectivity index (χ1v) is 6.39. The molecule has 1 rings (SSSR count). The van der Waals surface area contributed by atoms with Crippen molar-refractivity contribution in [3.05, 3.63) is 27.1 Å². The van der Waals surface area contributed by atoms with Gasteiger partial charge in [0, 0.05) is 8.95 Å². The predicted octanol–water partition coefficient (Wildman–Crippen LogP) is 3.30. The van der Waals surface area contributed by atoms with Crippen molar-refractivity contribution < 1.29 is 18.0 Å². The number of hydrogen-bond donors (Lipinski definition) is 2. The summed E-state index contributed by atoms with van der Waals surface area (Å²) in [6.45, 7) is -1.59. The van der Waals surface area contributed by atoms with Crippen molar-refractivity contribution in [2.75, 3.05) is 18.4 Å². The lowest BCUT2D eigenvalue weighted by molar-refractivity contribution is -0.126. The minimum atomic E-state index is -4.32. The van der Waals surface area contributed by atoms with Gasteiger partial charge in [0.25, 0.3) is 0 Å². The van der Waals surface area contributed by atoms with Crippen LogP contribution in [0.5, 0.6) is 0 Å². The summed E-state index contributed by atoms with van der Waals surface area (Å²) in [4.78, 5) is 11.4. The Hall–Kier alpha value is -0.600. The van der Waals surface area contributed by atoms with Gasteiger partial charge in [0.15, 0.2) is 0 Å². The number of nitrogens with one attached hydrogen (secondary N) is 2. The molecule has 1 aromatic rings. The summed E-state index contributed by atoms with van der Waals surface area (Å²) >= 11 is 6.48. The van der Waals surface area contributed by atoms with Gasteiger partial charge in [-0.15, -0.1) is 0 Å². The third-order valence-electron chi connectivity index (χ3n) is 1.82. The van der Waals surface area contributed by atoms with Crippen LogP contribution in [0.15, 0.2) is 27.1 Å². The molecule has 0 saturated heterocycles. The first-order chi connectivity index (χ1) is 8.28. The molecule has 0 radical (unpaired) electrons. The van der Waals surface area contributed by atoms with Crippen LogP contribution in [0.1, 0.15) is 0 Å². The average Bonchev–Trinajstić information content (AvgIpc) is 2.20. The summed E-state index contributed by atoms with van der Waals surface area (Å²) in [6.07, 6.45) is -4.32. The van der Waals surface area contributed by atoms with E-state index in [1.165, 1.54) is 0 Å². The number of halogens is 5. The second kappa shape index (κ2) is 6.53. The molecule has 0 atom stereocenters. The number of rotatable bonds is 4. The fraction of sp³-hybridized carbons (Fsp3) is 0.300. The fourth-order valence-corrected chi connectivity index (χ4v) is 2.25. The monoisotopic (exact) mass is 388 g/mol. The molecule has 100 valence electrons. The molecule has 0 aliphatic carbocycles. The Morgan fingerprint density at radius 2 is 1.94 bits per heavy atom. The Balaban J connectivity index is 2.45. The molecule has 2 N–H and O–H groups in total. The second-order valence-electron chi connectivity index (χ2n) is 3.39. The molecule has 1 aromatic carbocycles. The minimum absolute atomic E-state index is 0.401. The van der Waals surface area contributed by atoms with Gasteiger partial charge in [-0.3, -0.25) is 4.79 Å². The molecular weight excluding hydrogens is 381 g/mol. The van der Waals surface area contributed by atoms with Crippen molar-refractivity contribution in [2.45, 2.75) is 6.18 Å². The fourth-order valence-electron chi connectivity index (χ4n) is 1.10. The van der Waals surface area contributed by atoms with E-state index in [0.29, 0.717) is 10.2 Å². The van der Waals surface area contributed by atoms with E-state index in [0.717, 1.165) is 4.47 Å². The van der Waals surface area contributed by atoms with Crippen LogP contribution in [-0.4, -0.2) is 25.2 Å². The quantitative estimate of drug-likeness (QED) is 0.829. The van der Waals surface area contributed by atoms with Crippen LogP contribution in [0.4, 0.5) is 18.9 Å². The highest BCUT2D eigenvalue weighted by atomic mass is 79.9. The normalized spacial score (nSPS) is 11.4. The first kappa shape index (κ1) is 15.5. The molecule has 18 heavy (non-hydrogen) atoms. The lowest BCUT2D eigenvalue weighted by Crippen LogP contribution is -2.35. The molecule has 0 unspecified atom stereocenters. The molecule has 3 nitrogen and oxygen atoms in total. The van der Waals surface area contributed by atoms with Crippen LogP contribution in [0.25, 0.3) is 0 Å². The Labute approximate surface area is 118 Å². The summed E-state index contributed by atoms with van der Waals surface area (Å²) < 4.78 is 37.0. The van der Waals surface area contributed by atoms with E-state index in [1.807, 2.05) is 5.32 Å². The van der Waals surface area contributed by atoms with Gasteiger partial charge < -0.3 is 10.6 Å². The summed E-state index contributed by atoms with van der Waals surface area (Å²) in [5, 5.41) is 4.50. The van der Waals surface area contributed by atoms with Crippen LogP contribution in [-0.2, 0) is 4.79 Å². The molecule has 0 aliphatic rings. The SMILES string of the molecule is O=C(CNCC(F)(F)F)Nc1ccc(Br)cc1Br. The van der Waals surface area contributed by atoms with Crippen LogP contribution < -0.4 is 10.6 Å². The summed E-state index contributed by atoms with van der Waals surface area (Å²) in [5.41, 5.74) is 0.497. The molecule has 0 bridgehead atoms. The number of anilines is 1. The van der Waals surface area contributed by atoms with E-state index in [2.05, 4.69) is 37.2 Å². The average molecular weight is 390 g/mol. The molecule has 0 fully saturated rings. The lowest BCUT2D eigenvalue weighted by Gasteiger charge is -2.10. The van der Waals surface area contributed by atoms with Crippen LogP contribution >= 0.6 is 31.9 Å². The van der Waals surface area contributed by atoms with Gasteiger partial charge in [-0.1, -0.05) is 15.9 Å². The van der Waals surface area contributed by atoms with Gasteiger partial charge in [0.2, 0.25) is 5.91 Å². The van der Waals surface area contributed by atoms with Gasteiger partial charge >= 0.3 is 6.18 Å². The molecular formula is C10H9Br2F3N2O. The van der Waals surface area contributed by atoms with Gasteiger partial charge in [-0.2, -0.15) is 13.2 Å². The molecule has 0 heterocycles. The molecule has 8 heteroatoms. The van der Waals surface area contributed by atoms with Gasteiger partial charge in [-0.05, 0) is 34.1 Å². The molecule has 0 aliphatic heterocycles. The maximum absolute atomic E-state index is 11.8. The highest BCUT2D eigenvalue weighted by Crippen LogP contribution is 2.25. The van der Waals surface area contributed by atoms with Gasteiger partial charge in [0.05, 0.1) is 18.8 Å². The van der Waals surface area contributed by atoms with E-state index < -0.39 is 25.2 Å². The Morgan fingerprint density at radius 1 is 1.28 bits per heavy atom. The van der Waals surface area contributed by atoms with E-state index >= 15 is 0 Å². The molecule has 0 aromatic heterocycles. The van der Waals surface area contributed by atoms with E-state index in [1.54, 1.807) is 18.2 Å². The van der Waals surface area contributed by atoms with Gasteiger partial charge in [-0.25, -0.2) is 0 Å². The van der Waals surface area contributed by atoms with Crippen molar-refractivity contribution >= 4 is 43.5 Å². The second-order valence-corrected chi connectivity index (χ2v) is 5.16. The van der Waals surface area contributed by atoms with Crippen LogP contribution in [0.2, 0.25) is 0 Å². The number of benzene rings is 1.